The van der Waals surface area contributed by atoms with Gasteiger partial charge in [0.2, 0.25) is 0 Å². The van der Waals surface area contributed by atoms with Gasteiger partial charge in [-0.2, -0.15) is 0 Å². The second-order valence-electron chi connectivity index (χ2n) is 10.4. The van der Waals surface area contributed by atoms with Gasteiger partial charge in [-0.15, -0.1) is 20.2 Å². The molecule has 1 fully saturated rings. The summed E-state index contributed by atoms with van der Waals surface area (Å²) < 4.78 is 18.1. The normalized spacial score (nSPS) is 26.7. The van der Waals surface area contributed by atoms with E-state index in [-0.39, 0.29) is 38.0 Å². The maximum absolute atomic E-state index is 12.7. The van der Waals surface area contributed by atoms with Crippen molar-refractivity contribution in [2.45, 2.75) is 75.0 Å². The van der Waals surface area contributed by atoms with Crippen LogP contribution >= 0.6 is 0 Å². The first kappa shape index (κ1) is 27.6. The molecule has 216 valence electrons. The Morgan fingerprint density at radius 2 is 1.70 bits per heavy atom. The fourth-order valence-electron chi connectivity index (χ4n) is 6.54. The molecule has 5 atom stereocenters. The highest BCUT2D eigenvalue weighted by molar-refractivity contribution is 5.75. The summed E-state index contributed by atoms with van der Waals surface area (Å²) in [5.74, 6) is 0.00683. The number of ether oxygens (including phenoxy) is 3. The van der Waals surface area contributed by atoms with Gasteiger partial charge in [0.1, 0.15) is 6.10 Å². The van der Waals surface area contributed by atoms with Crippen molar-refractivity contribution >= 4 is 11.9 Å². The van der Waals surface area contributed by atoms with Crippen molar-refractivity contribution in [3.8, 4) is 11.5 Å². The van der Waals surface area contributed by atoms with Gasteiger partial charge in [0.05, 0.1) is 13.2 Å². The monoisotopic (exact) mass is 561 g/mol. The Bertz CT molecular complexity index is 1200. The van der Waals surface area contributed by atoms with Gasteiger partial charge in [-0.1, -0.05) is 12.1 Å². The van der Waals surface area contributed by atoms with Gasteiger partial charge < -0.3 is 29.2 Å². The van der Waals surface area contributed by atoms with Crippen molar-refractivity contribution in [3.63, 3.8) is 0 Å². The molecule has 1 saturated heterocycles. The largest absolute Gasteiger partial charge is 0.481 e. The Balaban J connectivity index is 1.30. The van der Waals surface area contributed by atoms with Crippen molar-refractivity contribution in [2.75, 3.05) is 19.8 Å². The number of hydrogen-bond acceptors (Lipinski definition) is 12. The fraction of sp³-hybridized carbons (Fsp3) is 0.615. The van der Waals surface area contributed by atoms with E-state index in [9.17, 15) is 29.8 Å². The van der Waals surface area contributed by atoms with Crippen LogP contribution in [-0.2, 0) is 35.8 Å². The molecule has 0 aromatic heterocycles. The van der Waals surface area contributed by atoms with E-state index in [4.69, 9.17) is 14.2 Å². The fourth-order valence-corrected chi connectivity index (χ4v) is 6.54. The van der Waals surface area contributed by atoms with Crippen molar-refractivity contribution in [2.24, 2.45) is 5.92 Å². The van der Waals surface area contributed by atoms with E-state index in [1.807, 2.05) is 12.1 Å². The molecule has 40 heavy (non-hydrogen) atoms. The first-order valence-corrected chi connectivity index (χ1v) is 13.5. The molecule has 2 aliphatic carbocycles. The molecule has 1 aromatic carbocycles. The maximum atomic E-state index is 12.7. The number of carbonyl (C=O) groups is 2. The van der Waals surface area contributed by atoms with Gasteiger partial charge in [0, 0.05) is 35.8 Å². The van der Waals surface area contributed by atoms with Crippen molar-refractivity contribution in [1.29, 1.82) is 0 Å². The van der Waals surface area contributed by atoms with Crippen molar-refractivity contribution in [1.82, 2.24) is 5.32 Å². The molecular formula is C26H31N3O11. The predicted molar refractivity (Wildman–Crippen MR) is 134 cm³/mol. The van der Waals surface area contributed by atoms with Gasteiger partial charge in [0.25, 0.3) is 10.2 Å². The van der Waals surface area contributed by atoms with E-state index in [1.54, 1.807) is 6.07 Å². The van der Waals surface area contributed by atoms with Gasteiger partial charge >= 0.3 is 11.9 Å². The summed E-state index contributed by atoms with van der Waals surface area (Å²) in [6, 6.07) is 3.89. The molecule has 2 bridgehead atoms. The summed E-state index contributed by atoms with van der Waals surface area (Å²) in [7, 11) is 0. The number of piperidine rings is 1. The lowest BCUT2D eigenvalue weighted by atomic mass is 9.53. The zero-order chi connectivity index (χ0) is 28.3. The smallest absolute Gasteiger partial charge is 0.311 e. The average molecular weight is 562 g/mol. The second-order valence-corrected chi connectivity index (χ2v) is 10.4. The van der Waals surface area contributed by atoms with Crippen LogP contribution in [0.15, 0.2) is 24.3 Å². The number of unbranched alkanes of at least 4 members (excludes halogenated alkanes) is 2. The third kappa shape index (κ3) is 5.40. The maximum Gasteiger partial charge on any atom is 0.311 e. The number of rotatable bonds is 14. The number of esters is 2. The van der Waals surface area contributed by atoms with Crippen LogP contribution in [0.5, 0.6) is 11.5 Å². The summed E-state index contributed by atoms with van der Waals surface area (Å²) in [4.78, 5) is 54.4. The minimum Gasteiger partial charge on any atom is -0.481 e. The SMILES string of the molecule is O=C(CCCCO[N+](=O)[O-])Oc1ccc2c3c1OC1[C@@H](OC(=O)CCCCO[N+](=O)[O-])C=CC4C(C2)NCCC341. The number of nitrogens with one attached hydrogen (secondary N) is 1. The Hall–Kier alpha value is -3.94. The summed E-state index contributed by atoms with van der Waals surface area (Å²) in [5, 5.41) is 22.4. The number of benzene rings is 1. The zero-order valence-corrected chi connectivity index (χ0v) is 21.8. The predicted octanol–water partition coefficient (Wildman–Crippen LogP) is 2.36. The van der Waals surface area contributed by atoms with Crippen LogP contribution in [0.4, 0.5) is 0 Å². The third-order valence-electron chi connectivity index (χ3n) is 8.08. The van der Waals surface area contributed by atoms with Crippen LogP contribution in [-0.4, -0.2) is 60.1 Å². The van der Waals surface area contributed by atoms with E-state index in [0.29, 0.717) is 37.2 Å². The molecule has 1 aromatic rings. The summed E-state index contributed by atoms with van der Waals surface area (Å²) >= 11 is 0. The minimum absolute atomic E-state index is 0.0648. The quantitative estimate of drug-likeness (QED) is 0.0876. The molecule has 0 saturated carbocycles. The van der Waals surface area contributed by atoms with E-state index >= 15 is 0 Å². The van der Waals surface area contributed by atoms with Crippen LogP contribution in [0.2, 0.25) is 0 Å². The molecule has 2 aliphatic heterocycles. The molecule has 4 unspecified atom stereocenters. The Kier molecular flexibility index (Phi) is 8.05. The molecule has 1 spiro atoms. The van der Waals surface area contributed by atoms with Gasteiger partial charge in [-0.3, -0.25) is 9.59 Å². The Labute approximate surface area is 229 Å². The Morgan fingerprint density at radius 3 is 2.40 bits per heavy atom. The molecule has 14 heteroatoms. The van der Waals surface area contributed by atoms with Crippen molar-refractivity contribution in [3.05, 3.63) is 55.6 Å². The number of hydrogen-bond donors (Lipinski definition) is 1. The highest BCUT2D eigenvalue weighted by atomic mass is 17.0. The number of nitrogens with zero attached hydrogens (tertiary/aromatic N) is 2. The minimum atomic E-state index is -0.865. The standard InChI is InChI=1S/C26H31N3O11/c30-21(5-1-3-13-36-28(32)33)38-19-9-7-16-15-18-17-8-10-20(39-22(31)6-2-4-14-37-29(34)35)25-26(17,11-12-27-18)23(16)24(19)40-25/h7-10,17-18,20,25,27H,1-6,11-15H2/t17?,18?,20-,25?,26?/m0/s1. The lowest BCUT2D eigenvalue weighted by Gasteiger charge is -2.54. The number of carbonyl (C=O) groups excluding carboxylic acids is 2. The Morgan fingerprint density at radius 1 is 1.00 bits per heavy atom. The first-order chi connectivity index (χ1) is 19.3. The van der Waals surface area contributed by atoms with Crippen LogP contribution in [0.1, 0.15) is 56.1 Å². The molecule has 1 N–H and O–H groups in total. The van der Waals surface area contributed by atoms with Crippen LogP contribution < -0.4 is 14.8 Å². The van der Waals surface area contributed by atoms with Gasteiger partial charge in [0.15, 0.2) is 17.6 Å². The lowest BCUT2D eigenvalue weighted by molar-refractivity contribution is -0.757. The zero-order valence-electron chi connectivity index (χ0n) is 21.8. The van der Waals surface area contributed by atoms with Crippen molar-refractivity contribution < 1.29 is 43.6 Å². The van der Waals surface area contributed by atoms with Crippen LogP contribution in [0.3, 0.4) is 0 Å². The molecule has 4 aliphatic rings. The van der Waals surface area contributed by atoms with Crippen LogP contribution in [0.25, 0.3) is 0 Å². The summed E-state index contributed by atoms with van der Waals surface area (Å²) in [6.45, 7) is 0.593. The van der Waals surface area contributed by atoms with Crippen LogP contribution in [0, 0.1) is 26.1 Å². The summed E-state index contributed by atoms with van der Waals surface area (Å²) in [6.07, 6.45) is 5.96. The highest BCUT2D eigenvalue weighted by Crippen LogP contribution is 2.61. The lowest BCUT2D eigenvalue weighted by Crippen LogP contribution is -2.65. The topological polar surface area (TPSA) is 179 Å². The molecule has 0 radical (unpaired) electrons. The van der Waals surface area contributed by atoms with E-state index in [0.717, 1.165) is 30.5 Å². The molecule has 2 heterocycles. The van der Waals surface area contributed by atoms with Gasteiger partial charge in [-0.05, 0) is 62.8 Å². The third-order valence-corrected chi connectivity index (χ3v) is 8.08. The summed E-state index contributed by atoms with van der Waals surface area (Å²) in [5.41, 5.74) is 1.67. The molecule has 5 rings (SSSR count). The van der Waals surface area contributed by atoms with Gasteiger partial charge in [-0.25, -0.2) is 0 Å². The highest BCUT2D eigenvalue weighted by Gasteiger charge is 2.64. The molecular weight excluding hydrogens is 530 g/mol. The van der Waals surface area contributed by atoms with E-state index in [2.05, 4.69) is 21.1 Å². The average Bonchev–Trinajstić information content (AvgIpc) is 3.24. The second kappa shape index (κ2) is 11.7. The first-order valence-electron chi connectivity index (χ1n) is 13.5. The molecule has 14 nitrogen and oxygen atoms in total. The van der Waals surface area contributed by atoms with E-state index < -0.39 is 39.7 Å². The molecule has 0 amide bonds. The van der Waals surface area contributed by atoms with E-state index in [1.165, 1.54) is 0 Å².